The summed E-state index contributed by atoms with van der Waals surface area (Å²) in [6.45, 7) is 8.35. The molecule has 0 spiro atoms. The molecule has 4 nitrogen and oxygen atoms in total. The zero-order valence-electron chi connectivity index (χ0n) is 20.5. The molecular weight excluding hydrogens is 412 g/mol. The number of rotatable bonds is 8. The number of fused-ring (bicyclic) bond motifs is 2. The van der Waals surface area contributed by atoms with Crippen LogP contribution in [-0.4, -0.2) is 23.1 Å². The molecule has 0 N–H and O–H groups in total. The smallest absolute Gasteiger partial charge is 0.311 e. The molecule has 178 valence electrons. The monoisotopic (exact) mass is 450 g/mol. The Morgan fingerprint density at radius 1 is 0.788 bits per heavy atom. The van der Waals surface area contributed by atoms with Crippen molar-refractivity contribution in [2.75, 3.05) is 0 Å². The summed E-state index contributed by atoms with van der Waals surface area (Å²) in [6, 6.07) is 0. The molecule has 33 heavy (non-hydrogen) atoms. The first-order valence-electron chi connectivity index (χ1n) is 12.8. The van der Waals surface area contributed by atoms with Gasteiger partial charge in [0, 0.05) is 12.8 Å². The van der Waals surface area contributed by atoms with E-state index in [1.807, 2.05) is 26.0 Å². The van der Waals surface area contributed by atoms with E-state index in [0.717, 1.165) is 19.3 Å². The summed E-state index contributed by atoms with van der Waals surface area (Å²) >= 11 is 0. The summed E-state index contributed by atoms with van der Waals surface area (Å²) in [5.74, 6) is -1.35. The molecule has 0 amide bonds. The fourth-order valence-corrected chi connectivity index (χ4v) is 5.74. The number of hydrogen-bond acceptors (Lipinski definition) is 4. The second-order valence-corrected chi connectivity index (χ2v) is 10.0. The summed E-state index contributed by atoms with van der Waals surface area (Å²) in [5.41, 5.74) is 1.30. The van der Waals surface area contributed by atoms with Crippen LogP contribution in [0.1, 0.15) is 72.6 Å². The maximum Gasteiger partial charge on any atom is 0.311 e. The van der Waals surface area contributed by atoms with E-state index < -0.39 is 23.0 Å². The van der Waals surface area contributed by atoms with E-state index >= 15 is 0 Å². The second-order valence-electron chi connectivity index (χ2n) is 10.0. The van der Waals surface area contributed by atoms with E-state index in [1.165, 1.54) is 11.1 Å². The normalized spacial score (nSPS) is 36.5. The second kappa shape index (κ2) is 9.48. The van der Waals surface area contributed by atoms with Gasteiger partial charge in [-0.05, 0) is 56.1 Å². The Bertz CT molecular complexity index is 861. The van der Waals surface area contributed by atoms with Crippen molar-refractivity contribution in [3.63, 3.8) is 0 Å². The number of carbonyl (C=O) groups is 2. The Balaban J connectivity index is 1.50. The molecule has 0 radical (unpaired) electrons. The molecule has 4 aliphatic rings. The third-order valence-electron chi connectivity index (χ3n) is 8.25. The molecule has 1 fully saturated rings. The summed E-state index contributed by atoms with van der Waals surface area (Å²) < 4.78 is 12.3. The average Bonchev–Trinajstić information content (AvgIpc) is 3.47. The van der Waals surface area contributed by atoms with Crippen LogP contribution >= 0.6 is 0 Å². The summed E-state index contributed by atoms with van der Waals surface area (Å²) in [6.07, 6.45) is 22.3. The highest BCUT2D eigenvalue weighted by Gasteiger charge is 2.55. The van der Waals surface area contributed by atoms with Gasteiger partial charge < -0.3 is 9.47 Å². The molecule has 2 bridgehead atoms. The van der Waals surface area contributed by atoms with Crippen molar-refractivity contribution in [1.29, 1.82) is 0 Å². The standard InChI is InChI=1S/C29H38O4/c1-5-20-11-15-28(7-3,16-12-20)32-26(30)24-22-9-10-23(19-22)25(24)27(31)33-29(8-4)17-13-21(6-2)14-18-29/h9-15,17,22-25H,5-8,16,18-19H2,1-4H3. The first kappa shape index (κ1) is 23.8. The molecule has 6 unspecified atom stereocenters. The lowest BCUT2D eigenvalue weighted by atomic mass is 9.81. The van der Waals surface area contributed by atoms with E-state index in [-0.39, 0.29) is 23.8 Å². The average molecular weight is 451 g/mol. The molecule has 4 heteroatoms. The molecule has 4 rings (SSSR count). The van der Waals surface area contributed by atoms with Gasteiger partial charge in [0.2, 0.25) is 0 Å². The third-order valence-corrected chi connectivity index (χ3v) is 8.25. The zero-order valence-corrected chi connectivity index (χ0v) is 20.5. The van der Waals surface area contributed by atoms with Crippen LogP contribution in [0.5, 0.6) is 0 Å². The van der Waals surface area contributed by atoms with Gasteiger partial charge in [-0.25, -0.2) is 0 Å². The van der Waals surface area contributed by atoms with Crippen LogP contribution in [0, 0.1) is 23.7 Å². The van der Waals surface area contributed by atoms with Gasteiger partial charge in [-0.2, -0.15) is 0 Å². The van der Waals surface area contributed by atoms with Crippen LogP contribution in [0.15, 0.2) is 59.8 Å². The topological polar surface area (TPSA) is 52.6 Å². The highest BCUT2D eigenvalue weighted by molar-refractivity contribution is 5.85. The quantitative estimate of drug-likeness (QED) is 0.317. The minimum Gasteiger partial charge on any atom is -0.454 e. The van der Waals surface area contributed by atoms with Crippen molar-refractivity contribution in [3.05, 3.63) is 59.8 Å². The summed E-state index contributed by atoms with van der Waals surface area (Å²) in [7, 11) is 0. The fourth-order valence-electron chi connectivity index (χ4n) is 5.74. The van der Waals surface area contributed by atoms with Crippen LogP contribution in [0.2, 0.25) is 0 Å². The van der Waals surface area contributed by atoms with Gasteiger partial charge in [-0.1, -0.05) is 75.3 Å². The predicted molar refractivity (Wildman–Crippen MR) is 130 cm³/mol. The zero-order chi connectivity index (χ0) is 23.6. The van der Waals surface area contributed by atoms with E-state index in [0.29, 0.717) is 25.7 Å². The van der Waals surface area contributed by atoms with Crippen LogP contribution in [0.3, 0.4) is 0 Å². The molecule has 6 atom stereocenters. The molecule has 0 saturated heterocycles. The van der Waals surface area contributed by atoms with Gasteiger partial charge in [-0.3, -0.25) is 9.59 Å². The van der Waals surface area contributed by atoms with Gasteiger partial charge in [0.05, 0.1) is 11.8 Å². The molecule has 0 aliphatic heterocycles. The number of carbonyl (C=O) groups excluding carboxylic acids is 2. The minimum absolute atomic E-state index is 0.0503. The Morgan fingerprint density at radius 3 is 1.52 bits per heavy atom. The lowest BCUT2D eigenvalue weighted by molar-refractivity contribution is -0.174. The molecule has 0 heterocycles. The maximum absolute atomic E-state index is 13.5. The van der Waals surface area contributed by atoms with Gasteiger partial charge in [0.15, 0.2) is 0 Å². The Labute approximate surface area is 198 Å². The third kappa shape index (κ3) is 4.54. The first-order valence-corrected chi connectivity index (χ1v) is 12.8. The van der Waals surface area contributed by atoms with Crippen molar-refractivity contribution in [3.8, 4) is 0 Å². The van der Waals surface area contributed by atoms with Crippen LogP contribution in [0.4, 0.5) is 0 Å². The maximum atomic E-state index is 13.5. The first-order chi connectivity index (χ1) is 15.9. The van der Waals surface area contributed by atoms with E-state index in [9.17, 15) is 9.59 Å². The summed E-state index contributed by atoms with van der Waals surface area (Å²) in [4.78, 5) is 27.0. The van der Waals surface area contributed by atoms with E-state index in [4.69, 9.17) is 9.47 Å². The van der Waals surface area contributed by atoms with Crippen molar-refractivity contribution >= 4 is 11.9 Å². The molecular formula is C29H38O4. The Morgan fingerprint density at radius 2 is 1.21 bits per heavy atom. The van der Waals surface area contributed by atoms with Crippen LogP contribution in [-0.2, 0) is 19.1 Å². The molecule has 0 aromatic rings. The number of esters is 2. The van der Waals surface area contributed by atoms with Gasteiger partial charge >= 0.3 is 11.9 Å². The lowest BCUT2D eigenvalue weighted by Crippen LogP contribution is -2.43. The molecule has 4 aliphatic carbocycles. The van der Waals surface area contributed by atoms with Gasteiger partial charge in [0.25, 0.3) is 0 Å². The van der Waals surface area contributed by atoms with Crippen molar-refractivity contribution in [1.82, 2.24) is 0 Å². The number of allylic oxidation sites excluding steroid dienone is 6. The molecule has 1 saturated carbocycles. The highest BCUT2D eigenvalue weighted by atomic mass is 16.6. The van der Waals surface area contributed by atoms with E-state index in [2.05, 4.69) is 50.3 Å². The van der Waals surface area contributed by atoms with Crippen LogP contribution < -0.4 is 0 Å². The largest absolute Gasteiger partial charge is 0.454 e. The lowest BCUT2D eigenvalue weighted by Gasteiger charge is -2.36. The SMILES string of the molecule is CCC1=CCC(CC)(OC(=O)C2C3C=CC(C3)C2C(=O)OC2(CC)C=CC(CC)=CC2)C=C1. The van der Waals surface area contributed by atoms with Crippen molar-refractivity contribution in [2.45, 2.75) is 83.8 Å². The fraction of sp³-hybridized carbons (Fsp3) is 0.586. The predicted octanol–water partition coefficient (Wildman–Crippen LogP) is 6.40. The van der Waals surface area contributed by atoms with Crippen LogP contribution in [0.25, 0.3) is 0 Å². The minimum atomic E-state index is -0.617. The van der Waals surface area contributed by atoms with Crippen molar-refractivity contribution < 1.29 is 19.1 Å². The molecule has 0 aromatic carbocycles. The van der Waals surface area contributed by atoms with E-state index in [1.54, 1.807) is 0 Å². The summed E-state index contributed by atoms with van der Waals surface area (Å²) in [5, 5.41) is 0. The van der Waals surface area contributed by atoms with Crippen molar-refractivity contribution in [2.24, 2.45) is 23.7 Å². The Hall–Kier alpha value is -2.36. The van der Waals surface area contributed by atoms with Gasteiger partial charge in [0.1, 0.15) is 11.2 Å². The number of hydrogen-bond donors (Lipinski definition) is 0. The van der Waals surface area contributed by atoms with Gasteiger partial charge in [-0.15, -0.1) is 0 Å². The molecule has 0 aromatic heterocycles. The highest BCUT2D eigenvalue weighted by Crippen LogP contribution is 2.50. The number of ether oxygens (including phenoxy) is 2. The Kier molecular flexibility index (Phi) is 6.83.